The van der Waals surface area contributed by atoms with E-state index in [1.54, 1.807) is 13.8 Å². The highest BCUT2D eigenvalue weighted by atomic mass is 19.4. The maximum atomic E-state index is 12.7. The van der Waals surface area contributed by atoms with Gasteiger partial charge >= 0.3 is 6.18 Å². The third kappa shape index (κ3) is 6.48. The predicted molar refractivity (Wildman–Crippen MR) is 102 cm³/mol. The Morgan fingerprint density at radius 1 is 1.17 bits per heavy atom. The van der Waals surface area contributed by atoms with Gasteiger partial charge in [0.25, 0.3) is 5.91 Å². The molecule has 0 saturated carbocycles. The van der Waals surface area contributed by atoms with Crippen LogP contribution >= 0.6 is 0 Å². The Labute approximate surface area is 166 Å². The highest BCUT2D eigenvalue weighted by molar-refractivity contribution is 5.96. The van der Waals surface area contributed by atoms with Gasteiger partial charge < -0.3 is 15.4 Å². The van der Waals surface area contributed by atoms with Crippen LogP contribution in [0.1, 0.15) is 35.3 Å². The van der Waals surface area contributed by atoms with Crippen molar-refractivity contribution in [1.82, 2.24) is 10.3 Å². The Balaban J connectivity index is 1.87. The van der Waals surface area contributed by atoms with Crippen LogP contribution in [0.2, 0.25) is 0 Å². The molecule has 2 N–H and O–H groups in total. The van der Waals surface area contributed by atoms with Gasteiger partial charge in [-0.2, -0.15) is 13.2 Å². The van der Waals surface area contributed by atoms with Crippen molar-refractivity contribution in [2.45, 2.75) is 26.9 Å². The number of anilines is 1. The van der Waals surface area contributed by atoms with Gasteiger partial charge in [-0.05, 0) is 42.8 Å². The maximum absolute atomic E-state index is 12.7. The number of hydrogen-bond acceptors (Lipinski definition) is 4. The molecule has 0 aliphatic carbocycles. The lowest BCUT2D eigenvalue weighted by Crippen LogP contribution is -2.28. The van der Waals surface area contributed by atoms with Gasteiger partial charge in [0.1, 0.15) is 18.2 Å². The summed E-state index contributed by atoms with van der Waals surface area (Å²) in [6.45, 7) is 5.23. The van der Waals surface area contributed by atoms with Crippen LogP contribution in [-0.4, -0.2) is 29.9 Å². The number of carbonyl (C=O) groups is 2. The van der Waals surface area contributed by atoms with E-state index in [1.165, 1.54) is 31.3 Å². The lowest BCUT2D eigenvalue weighted by Gasteiger charge is -2.13. The first kappa shape index (κ1) is 22.2. The van der Waals surface area contributed by atoms with Gasteiger partial charge in [-0.3, -0.25) is 9.59 Å². The van der Waals surface area contributed by atoms with Crippen LogP contribution in [0.25, 0.3) is 0 Å². The number of hydrogen-bond donors (Lipinski definition) is 2. The SMILES string of the molecule is Cc1cc(C(F)(F)F)ccc1OCCNC(=O)c1ccnc(NC(=O)C(C)C)c1. The average molecular weight is 409 g/mol. The molecule has 0 bridgehead atoms. The molecule has 0 atom stereocenters. The van der Waals surface area contributed by atoms with Gasteiger partial charge in [0, 0.05) is 17.7 Å². The van der Waals surface area contributed by atoms with E-state index >= 15 is 0 Å². The first-order valence-electron chi connectivity index (χ1n) is 8.93. The van der Waals surface area contributed by atoms with E-state index in [2.05, 4.69) is 15.6 Å². The molecule has 0 fully saturated rings. The number of pyridine rings is 1. The summed E-state index contributed by atoms with van der Waals surface area (Å²) in [7, 11) is 0. The molecule has 0 saturated heterocycles. The van der Waals surface area contributed by atoms with E-state index < -0.39 is 11.7 Å². The van der Waals surface area contributed by atoms with Crippen molar-refractivity contribution in [1.29, 1.82) is 0 Å². The third-order valence-electron chi connectivity index (χ3n) is 3.95. The van der Waals surface area contributed by atoms with Crippen molar-refractivity contribution in [2.24, 2.45) is 5.92 Å². The first-order valence-corrected chi connectivity index (χ1v) is 8.93. The normalized spacial score (nSPS) is 11.3. The summed E-state index contributed by atoms with van der Waals surface area (Å²) in [6.07, 6.45) is -3.00. The number of rotatable bonds is 7. The highest BCUT2D eigenvalue weighted by Crippen LogP contribution is 2.32. The van der Waals surface area contributed by atoms with Gasteiger partial charge in [0.15, 0.2) is 0 Å². The number of carbonyl (C=O) groups excluding carboxylic acids is 2. The van der Waals surface area contributed by atoms with Crippen molar-refractivity contribution in [3.63, 3.8) is 0 Å². The molecular weight excluding hydrogens is 387 g/mol. The molecule has 9 heteroatoms. The molecule has 1 aromatic carbocycles. The molecule has 0 unspecified atom stereocenters. The molecule has 1 heterocycles. The smallest absolute Gasteiger partial charge is 0.416 e. The molecule has 2 aromatic rings. The number of ether oxygens (including phenoxy) is 1. The maximum Gasteiger partial charge on any atom is 0.416 e. The van der Waals surface area contributed by atoms with E-state index in [4.69, 9.17) is 4.74 Å². The van der Waals surface area contributed by atoms with Gasteiger partial charge in [-0.25, -0.2) is 4.98 Å². The van der Waals surface area contributed by atoms with Gasteiger partial charge in [0.2, 0.25) is 5.91 Å². The van der Waals surface area contributed by atoms with Crippen molar-refractivity contribution in [2.75, 3.05) is 18.5 Å². The summed E-state index contributed by atoms with van der Waals surface area (Å²) in [4.78, 5) is 27.9. The van der Waals surface area contributed by atoms with Gasteiger partial charge in [-0.1, -0.05) is 13.8 Å². The van der Waals surface area contributed by atoms with Crippen LogP contribution in [0.5, 0.6) is 5.75 Å². The summed E-state index contributed by atoms with van der Waals surface area (Å²) >= 11 is 0. The molecule has 1 aromatic heterocycles. The largest absolute Gasteiger partial charge is 0.491 e. The van der Waals surface area contributed by atoms with E-state index in [0.29, 0.717) is 16.9 Å². The minimum atomic E-state index is -4.41. The average Bonchev–Trinajstić information content (AvgIpc) is 2.65. The summed E-state index contributed by atoms with van der Waals surface area (Å²) in [5.41, 5.74) is -0.0794. The van der Waals surface area contributed by atoms with Gasteiger partial charge in [0.05, 0.1) is 12.1 Å². The fourth-order valence-corrected chi connectivity index (χ4v) is 2.33. The number of aromatic nitrogens is 1. The quantitative estimate of drug-likeness (QED) is 0.682. The predicted octanol–water partition coefficient (Wildman–Crippen LogP) is 3.81. The standard InChI is InChI=1S/C20H22F3N3O3/c1-12(2)18(27)26-17-11-14(6-7-24-17)19(28)25-8-9-29-16-5-4-15(10-13(16)3)20(21,22)23/h4-7,10-12H,8-9H2,1-3H3,(H,25,28)(H,24,26,27). The number of amides is 2. The second kappa shape index (κ2) is 9.40. The number of alkyl halides is 3. The van der Waals surface area contributed by atoms with Crippen molar-refractivity contribution in [3.8, 4) is 5.75 Å². The third-order valence-corrected chi connectivity index (χ3v) is 3.95. The number of nitrogens with one attached hydrogen (secondary N) is 2. The zero-order valence-corrected chi connectivity index (χ0v) is 16.3. The van der Waals surface area contributed by atoms with Crippen LogP contribution in [0.3, 0.4) is 0 Å². The molecular formula is C20H22F3N3O3. The molecule has 2 amide bonds. The fraction of sp³-hybridized carbons (Fsp3) is 0.350. The number of benzene rings is 1. The van der Waals surface area contributed by atoms with Crippen molar-refractivity contribution >= 4 is 17.6 Å². The topological polar surface area (TPSA) is 80.3 Å². The Hall–Kier alpha value is -3.10. The van der Waals surface area contributed by atoms with E-state index in [-0.39, 0.29) is 36.7 Å². The van der Waals surface area contributed by atoms with Crippen LogP contribution in [0.15, 0.2) is 36.5 Å². The van der Waals surface area contributed by atoms with Crippen LogP contribution in [-0.2, 0) is 11.0 Å². The number of halogens is 3. The second-order valence-electron chi connectivity index (χ2n) is 6.66. The minimum Gasteiger partial charge on any atom is -0.491 e. The number of aryl methyl sites for hydroxylation is 1. The lowest BCUT2D eigenvalue weighted by atomic mass is 10.1. The molecule has 0 aliphatic heterocycles. The first-order chi connectivity index (χ1) is 13.6. The van der Waals surface area contributed by atoms with E-state index in [9.17, 15) is 22.8 Å². The van der Waals surface area contributed by atoms with E-state index in [1.807, 2.05) is 0 Å². The molecule has 156 valence electrons. The van der Waals surface area contributed by atoms with Gasteiger partial charge in [-0.15, -0.1) is 0 Å². The summed E-state index contributed by atoms with van der Waals surface area (Å²) in [6, 6.07) is 6.17. The highest BCUT2D eigenvalue weighted by Gasteiger charge is 2.30. The summed E-state index contributed by atoms with van der Waals surface area (Å²) < 4.78 is 43.5. The minimum absolute atomic E-state index is 0.0833. The Bertz CT molecular complexity index is 883. The molecule has 0 spiro atoms. The fourth-order valence-electron chi connectivity index (χ4n) is 2.33. The zero-order valence-electron chi connectivity index (χ0n) is 16.3. The molecule has 0 radical (unpaired) electrons. The molecule has 2 rings (SSSR count). The van der Waals surface area contributed by atoms with Crippen LogP contribution in [0.4, 0.5) is 19.0 Å². The summed E-state index contributed by atoms with van der Waals surface area (Å²) in [5, 5.41) is 5.26. The Morgan fingerprint density at radius 2 is 1.90 bits per heavy atom. The second-order valence-corrected chi connectivity index (χ2v) is 6.66. The zero-order chi connectivity index (χ0) is 21.6. The van der Waals surface area contributed by atoms with Crippen molar-refractivity contribution in [3.05, 3.63) is 53.2 Å². The van der Waals surface area contributed by atoms with Crippen LogP contribution < -0.4 is 15.4 Å². The van der Waals surface area contributed by atoms with Crippen molar-refractivity contribution < 1.29 is 27.5 Å². The Kier molecular flexibility index (Phi) is 7.19. The lowest BCUT2D eigenvalue weighted by molar-refractivity contribution is -0.137. The Morgan fingerprint density at radius 3 is 2.52 bits per heavy atom. The van der Waals surface area contributed by atoms with E-state index in [0.717, 1.165) is 12.1 Å². The molecule has 6 nitrogen and oxygen atoms in total. The van der Waals surface area contributed by atoms with Crippen LogP contribution in [0, 0.1) is 12.8 Å². The molecule has 0 aliphatic rings. The molecule has 29 heavy (non-hydrogen) atoms. The monoisotopic (exact) mass is 409 g/mol. The summed E-state index contributed by atoms with van der Waals surface area (Å²) in [5.74, 6) is -0.238. The number of nitrogens with zero attached hydrogens (tertiary/aromatic N) is 1.